The third-order valence-electron chi connectivity index (χ3n) is 3.60. The number of carbonyl (C=O) groups excluding carboxylic acids is 1. The fraction of sp³-hybridized carbons (Fsp3) is 0.500. The highest BCUT2D eigenvalue weighted by atomic mass is 16.5. The summed E-state index contributed by atoms with van der Waals surface area (Å²) in [6.07, 6.45) is 1.84. The van der Waals surface area contributed by atoms with Gasteiger partial charge in [-0.15, -0.1) is 0 Å². The number of piperidine rings is 1. The Morgan fingerprint density at radius 2 is 2.00 bits per heavy atom. The lowest BCUT2D eigenvalue weighted by Crippen LogP contribution is -2.41. The van der Waals surface area contributed by atoms with Gasteiger partial charge >= 0.3 is 5.97 Å². The molecule has 0 saturated carbocycles. The highest BCUT2D eigenvalue weighted by Gasteiger charge is 2.24. The lowest BCUT2D eigenvalue weighted by Gasteiger charge is -2.31. The van der Waals surface area contributed by atoms with E-state index in [0.717, 1.165) is 12.8 Å². The second-order valence-electron chi connectivity index (χ2n) is 4.86. The average molecular weight is 278 g/mol. The van der Waals surface area contributed by atoms with Crippen LogP contribution in [0.1, 0.15) is 39.4 Å². The van der Waals surface area contributed by atoms with Gasteiger partial charge in [0.25, 0.3) is 5.91 Å². The van der Waals surface area contributed by atoms with Gasteiger partial charge in [-0.3, -0.25) is 4.79 Å². The summed E-state index contributed by atoms with van der Waals surface area (Å²) in [4.78, 5) is 29.1. The minimum atomic E-state index is -1.03. The molecule has 0 bridgehead atoms. The molecule has 1 N–H and O–H groups in total. The number of hydrogen-bond donors (Lipinski definition) is 1. The molecule has 1 aromatic heterocycles. The van der Waals surface area contributed by atoms with E-state index in [9.17, 15) is 9.59 Å². The maximum Gasteiger partial charge on any atom is 0.337 e. The zero-order valence-corrected chi connectivity index (χ0v) is 11.6. The minimum Gasteiger partial charge on any atom is -0.478 e. The zero-order valence-electron chi connectivity index (χ0n) is 11.6. The van der Waals surface area contributed by atoms with Gasteiger partial charge in [0.2, 0.25) is 0 Å². The first-order valence-electron chi connectivity index (χ1n) is 6.56. The molecule has 108 valence electrons. The molecule has 1 amide bonds. The Balaban J connectivity index is 2.10. The highest BCUT2D eigenvalue weighted by molar-refractivity contribution is 5.94. The van der Waals surface area contributed by atoms with Crippen molar-refractivity contribution in [3.63, 3.8) is 0 Å². The monoisotopic (exact) mass is 278 g/mol. The number of aromatic carboxylic acids is 1. The van der Waals surface area contributed by atoms with Crippen LogP contribution < -0.4 is 0 Å². The molecule has 1 aliphatic rings. The predicted molar refractivity (Wildman–Crippen MR) is 71.9 cm³/mol. The molecule has 6 heteroatoms. The van der Waals surface area contributed by atoms with Crippen LogP contribution in [0.2, 0.25) is 0 Å². The van der Waals surface area contributed by atoms with E-state index in [1.54, 1.807) is 18.9 Å². The second kappa shape index (κ2) is 6.00. The SMILES string of the molecule is COC1CCN(C(=O)c2ccc(C(=O)O)c(C)n2)CC1. The van der Waals surface area contributed by atoms with Gasteiger partial charge in [0.1, 0.15) is 5.69 Å². The highest BCUT2D eigenvalue weighted by Crippen LogP contribution is 2.16. The lowest BCUT2D eigenvalue weighted by molar-refractivity contribution is 0.0347. The number of pyridine rings is 1. The van der Waals surface area contributed by atoms with Gasteiger partial charge in [0, 0.05) is 20.2 Å². The fourth-order valence-corrected chi connectivity index (χ4v) is 2.36. The third kappa shape index (κ3) is 2.96. The molecule has 1 saturated heterocycles. The van der Waals surface area contributed by atoms with Crippen molar-refractivity contribution >= 4 is 11.9 Å². The van der Waals surface area contributed by atoms with Crippen molar-refractivity contribution in [2.75, 3.05) is 20.2 Å². The molecule has 2 heterocycles. The van der Waals surface area contributed by atoms with E-state index in [2.05, 4.69) is 4.98 Å². The number of carboxylic acid groups (broad SMARTS) is 1. The molecule has 1 fully saturated rings. The summed E-state index contributed by atoms with van der Waals surface area (Å²) in [7, 11) is 1.68. The third-order valence-corrected chi connectivity index (χ3v) is 3.60. The molecule has 20 heavy (non-hydrogen) atoms. The molecule has 0 spiro atoms. The van der Waals surface area contributed by atoms with E-state index < -0.39 is 5.97 Å². The summed E-state index contributed by atoms with van der Waals surface area (Å²) < 4.78 is 5.27. The molecule has 6 nitrogen and oxygen atoms in total. The summed E-state index contributed by atoms with van der Waals surface area (Å²) in [6, 6.07) is 2.90. The Kier molecular flexibility index (Phi) is 4.34. The maximum absolute atomic E-state index is 12.3. The maximum atomic E-state index is 12.3. The number of aromatic nitrogens is 1. The van der Waals surface area contributed by atoms with Gasteiger partial charge in [-0.1, -0.05) is 0 Å². The Morgan fingerprint density at radius 1 is 1.35 bits per heavy atom. The van der Waals surface area contributed by atoms with Crippen LogP contribution in [0.25, 0.3) is 0 Å². The number of hydrogen-bond acceptors (Lipinski definition) is 4. The Labute approximate surface area is 117 Å². The summed E-state index contributed by atoms with van der Waals surface area (Å²) in [5, 5.41) is 8.95. The van der Waals surface area contributed by atoms with Gasteiger partial charge in [0.05, 0.1) is 17.4 Å². The molecular weight excluding hydrogens is 260 g/mol. The number of rotatable bonds is 3. The molecular formula is C14H18N2O4. The van der Waals surface area contributed by atoms with Crippen molar-refractivity contribution in [2.24, 2.45) is 0 Å². The van der Waals surface area contributed by atoms with Gasteiger partial charge < -0.3 is 14.7 Å². The van der Waals surface area contributed by atoms with Crippen molar-refractivity contribution in [1.82, 2.24) is 9.88 Å². The van der Waals surface area contributed by atoms with Gasteiger partial charge in [-0.05, 0) is 31.9 Å². The quantitative estimate of drug-likeness (QED) is 0.902. The van der Waals surface area contributed by atoms with Crippen molar-refractivity contribution in [1.29, 1.82) is 0 Å². The van der Waals surface area contributed by atoms with E-state index in [-0.39, 0.29) is 17.6 Å². The van der Waals surface area contributed by atoms with E-state index in [1.165, 1.54) is 12.1 Å². The first-order chi connectivity index (χ1) is 9.52. The van der Waals surface area contributed by atoms with Crippen molar-refractivity contribution in [3.05, 3.63) is 29.1 Å². The van der Waals surface area contributed by atoms with E-state index >= 15 is 0 Å². The molecule has 0 unspecified atom stereocenters. The van der Waals surface area contributed by atoms with Gasteiger partial charge in [-0.25, -0.2) is 9.78 Å². The smallest absolute Gasteiger partial charge is 0.337 e. The number of methoxy groups -OCH3 is 1. The standard InChI is InChI=1S/C14H18N2O4/c1-9-11(14(18)19)3-4-12(15-9)13(17)16-7-5-10(20-2)6-8-16/h3-4,10H,5-8H2,1-2H3,(H,18,19). The molecule has 0 aromatic carbocycles. The lowest BCUT2D eigenvalue weighted by atomic mass is 10.1. The Hall–Kier alpha value is -1.95. The van der Waals surface area contributed by atoms with Crippen molar-refractivity contribution < 1.29 is 19.4 Å². The number of nitrogens with zero attached hydrogens (tertiary/aromatic N) is 2. The normalized spacial score (nSPS) is 16.2. The Morgan fingerprint density at radius 3 is 2.50 bits per heavy atom. The summed E-state index contributed by atoms with van der Waals surface area (Å²) in [5.41, 5.74) is 0.776. The molecule has 0 atom stereocenters. The van der Waals surface area contributed by atoms with Crippen LogP contribution in [-0.2, 0) is 4.74 Å². The fourth-order valence-electron chi connectivity index (χ4n) is 2.36. The number of carboxylic acids is 1. The average Bonchev–Trinajstić information content (AvgIpc) is 2.46. The van der Waals surface area contributed by atoms with E-state index in [4.69, 9.17) is 9.84 Å². The molecule has 0 radical (unpaired) electrons. The van der Waals surface area contributed by atoms with Crippen LogP contribution in [0.5, 0.6) is 0 Å². The van der Waals surface area contributed by atoms with Crippen LogP contribution in [0, 0.1) is 6.92 Å². The predicted octanol–water partition coefficient (Wildman–Crippen LogP) is 1.34. The molecule has 2 rings (SSSR count). The van der Waals surface area contributed by atoms with Crippen LogP contribution in [0.3, 0.4) is 0 Å². The number of likely N-dealkylation sites (tertiary alicyclic amines) is 1. The van der Waals surface area contributed by atoms with Gasteiger partial charge in [-0.2, -0.15) is 0 Å². The number of carbonyl (C=O) groups is 2. The first kappa shape index (κ1) is 14.5. The summed E-state index contributed by atoms with van der Waals surface area (Å²) >= 11 is 0. The first-order valence-corrected chi connectivity index (χ1v) is 6.56. The molecule has 0 aliphatic carbocycles. The Bertz CT molecular complexity index is 522. The number of ether oxygens (including phenoxy) is 1. The van der Waals surface area contributed by atoms with Crippen LogP contribution in [0.15, 0.2) is 12.1 Å². The number of amides is 1. The van der Waals surface area contributed by atoms with E-state index in [1.807, 2.05) is 0 Å². The molecule has 1 aliphatic heterocycles. The van der Waals surface area contributed by atoms with Crippen LogP contribution in [0.4, 0.5) is 0 Å². The molecule has 1 aromatic rings. The summed E-state index contributed by atoms with van der Waals surface area (Å²) in [5.74, 6) is -1.19. The van der Waals surface area contributed by atoms with Crippen molar-refractivity contribution in [2.45, 2.75) is 25.9 Å². The summed E-state index contributed by atoms with van der Waals surface area (Å²) in [6.45, 7) is 2.87. The second-order valence-corrected chi connectivity index (χ2v) is 4.86. The minimum absolute atomic E-state index is 0.125. The zero-order chi connectivity index (χ0) is 14.7. The van der Waals surface area contributed by atoms with E-state index in [0.29, 0.717) is 24.5 Å². The number of aryl methyl sites for hydroxylation is 1. The van der Waals surface area contributed by atoms with Crippen molar-refractivity contribution in [3.8, 4) is 0 Å². The van der Waals surface area contributed by atoms with Gasteiger partial charge in [0.15, 0.2) is 0 Å². The van der Waals surface area contributed by atoms with Crippen LogP contribution in [-0.4, -0.2) is 53.2 Å². The largest absolute Gasteiger partial charge is 0.478 e. The topological polar surface area (TPSA) is 79.7 Å². The van der Waals surface area contributed by atoms with Crippen LogP contribution >= 0.6 is 0 Å².